The fourth-order valence-electron chi connectivity index (χ4n) is 5.57. The summed E-state index contributed by atoms with van der Waals surface area (Å²) in [7, 11) is 1.72. The van der Waals surface area contributed by atoms with Gasteiger partial charge in [-0.05, 0) is 68.7 Å². The minimum atomic E-state index is -0.0245. The third kappa shape index (κ3) is 4.39. The summed E-state index contributed by atoms with van der Waals surface area (Å²) in [4.78, 5) is 11.9. The molecule has 0 saturated carbocycles. The Morgan fingerprint density at radius 2 is 1.97 bits per heavy atom. The maximum atomic E-state index is 9.45. The van der Waals surface area contributed by atoms with Crippen molar-refractivity contribution in [2.24, 2.45) is 5.41 Å². The van der Waals surface area contributed by atoms with E-state index in [1.54, 1.807) is 7.11 Å². The van der Waals surface area contributed by atoms with Gasteiger partial charge in [0.25, 0.3) is 0 Å². The first-order valence-corrected chi connectivity index (χ1v) is 12.4. The van der Waals surface area contributed by atoms with Crippen LogP contribution in [0.1, 0.15) is 54.7 Å². The molecule has 0 bridgehead atoms. The molecule has 0 radical (unpaired) electrons. The zero-order chi connectivity index (χ0) is 24.6. The topological polar surface area (TPSA) is 83.3 Å². The second kappa shape index (κ2) is 9.35. The number of fused-ring (bicyclic) bond motifs is 1. The van der Waals surface area contributed by atoms with Gasteiger partial charge in [0.15, 0.2) is 0 Å². The number of aromatic nitrogens is 2. The van der Waals surface area contributed by atoms with E-state index < -0.39 is 0 Å². The summed E-state index contributed by atoms with van der Waals surface area (Å²) in [5.41, 5.74) is 5.06. The number of ether oxygens (including phenoxy) is 2. The Labute approximate surface area is 207 Å². The van der Waals surface area contributed by atoms with E-state index in [0.717, 1.165) is 78.4 Å². The molecule has 0 aliphatic carbocycles. The summed E-state index contributed by atoms with van der Waals surface area (Å²) >= 11 is 0. The number of nitriles is 1. The lowest BCUT2D eigenvalue weighted by Gasteiger charge is -2.40. The molecule has 2 aliphatic heterocycles. The van der Waals surface area contributed by atoms with Crippen LogP contribution >= 0.6 is 0 Å². The van der Waals surface area contributed by atoms with E-state index in [4.69, 9.17) is 19.4 Å². The third-order valence-electron chi connectivity index (χ3n) is 7.77. The molecule has 3 heterocycles. The Morgan fingerprint density at radius 3 is 2.66 bits per heavy atom. The average molecular weight is 472 g/mol. The van der Waals surface area contributed by atoms with E-state index >= 15 is 0 Å². The van der Waals surface area contributed by atoms with Crippen LogP contribution in [-0.4, -0.2) is 43.4 Å². The van der Waals surface area contributed by atoms with Crippen LogP contribution in [-0.2, 0) is 4.74 Å². The van der Waals surface area contributed by atoms with Crippen LogP contribution in [0.2, 0.25) is 0 Å². The van der Waals surface area contributed by atoms with Gasteiger partial charge in [-0.2, -0.15) is 5.26 Å². The van der Waals surface area contributed by atoms with Gasteiger partial charge < -0.3 is 19.7 Å². The minimum Gasteiger partial charge on any atom is -0.495 e. The third-order valence-corrected chi connectivity index (χ3v) is 7.77. The van der Waals surface area contributed by atoms with Gasteiger partial charge in [0.05, 0.1) is 42.6 Å². The summed E-state index contributed by atoms with van der Waals surface area (Å²) in [6.07, 6.45) is 3.44. The predicted octanol–water partition coefficient (Wildman–Crippen LogP) is 5.31. The molecule has 1 N–H and O–H groups in total. The second-order valence-corrected chi connectivity index (χ2v) is 9.95. The molecule has 2 fully saturated rings. The van der Waals surface area contributed by atoms with Crippen molar-refractivity contribution in [3.8, 4) is 11.8 Å². The number of methoxy groups -OCH3 is 1. The van der Waals surface area contributed by atoms with E-state index in [1.165, 1.54) is 6.42 Å². The number of aryl methyl sites for hydroxylation is 1. The monoisotopic (exact) mass is 471 g/mol. The highest BCUT2D eigenvalue weighted by Gasteiger charge is 2.38. The van der Waals surface area contributed by atoms with Crippen LogP contribution in [0.5, 0.6) is 5.75 Å². The first-order valence-electron chi connectivity index (χ1n) is 12.4. The van der Waals surface area contributed by atoms with Crippen molar-refractivity contribution in [1.82, 2.24) is 9.97 Å². The summed E-state index contributed by atoms with van der Waals surface area (Å²) in [5.74, 6) is 2.33. The average Bonchev–Trinajstić information content (AvgIpc) is 3.31. The van der Waals surface area contributed by atoms with Crippen molar-refractivity contribution in [2.45, 2.75) is 46.1 Å². The van der Waals surface area contributed by atoms with Gasteiger partial charge >= 0.3 is 0 Å². The molecular formula is C28H33N5O2. The lowest BCUT2D eigenvalue weighted by Crippen LogP contribution is -2.40. The Kier molecular flexibility index (Phi) is 6.24. The van der Waals surface area contributed by atoms with Crippen molar-refractivity contribution in [2.75, 3.05) is 43.6 Å². The Balaban J connectivity index is 1.50. The normalized spacial score (nSPS) is 18.0. The molecule has 1 spiro atoms. The van der Waals surface area contributed by atoms with Gasteiger partial charge in [0.1, 0.15) is 17.4 Å². The molecule has 1 aromatic heterocycles. The number of benzene rings is 2. The minimum absolute atomic E-state index is 0.0245. The van der Waals surface area contributed by atoms with Crippen molar-refractivity contribution in [3.05, 3.63) is 52.8 Å². The van der Waals surface area contributed by atoms with Crippen molar-refractivity contribution in [3.63, 3.8) is 0 Å². The van der Waals surface area contributed by atoms with Crippen LogP contribution in [0.3, 0.4) is 0 Å². The van der Waals surface area contributed by atoms with Gasteiger partial charge in [-0.25, -0.2) is 9.97 Å². The Bertz CT molecular complexity index is 1280. The van der Waals surface area contributed by atoms with E-state index in [0.29, 0.717) is 16.8 Å². The van der Waals surface area contributed by atoms with Gasteiger partial charge in [-0.1, -0.05) is 12.1 Å². The largest absolute Gasteiger partial charge is 0.495 e. The van der Waals surface area contributed by atoms with Crippen molar-refractivity contribution >= 4 is 22.4 Å². The van der Waals surface area contributed by atoms with E-state index in [1.807, 2.05) is 32.0 Å². The first kappa shape index (κ1) is 23.4. The molecular weight excluding hydrogens is 438 g/mol. The highest BCUT2D eigenvalue weighted by atomic mass is 16.5. The van der Waals surface area contributed by atoms with Gasteiger partial charge in [-0.3, -0.25) is 0 Å². The van der Waals surface area contributed by atoms with Gasteiger partial charge in [0, 0.05) is 31.1 Å². The standard InChI is InChI=1S/C28H33N5O2/c1-18-21(16-29)6-5-7-22(18)19(2)30-27-23-14-25(26(34-4)15-24(23)31-20(3)32-27)33-11-8-28(9-12-33)10-13-35-17-28/h5-7,14-15,19H,8-13,17H2,1-4H3,(H,30,31,32)/t19-/m1/s1. The number of hydrogen-bond acceptors (Lipinski definition) is 7. The molecule has 1 atom stereocenters. The lowest BCUT2D eigenvalue weighted by molar-refractivity contribution is 0.133. The SMILES string of the molecule is COc1cc2nc(C)nc(N[C@H](C)c3cccc(C#N)c3C)c2cc1N1CCC2(CCOC2)CC1. The molecule has 2 aromatic carbocycles. The fourth-order valence-corrected chi connectivity index (χ4v) is 5.57. The van der Waals surface area contributed by atoms with Crippen LogP contribution in [0, 0.1) is 30.6 Å². The molecule has 2 saturated heterocycles. The zero-order valence-corrected chi connectivity index (χ0v) is 21.0. The van der Waals surface area contributed by atoms with Crippen LogP contribution in [0.4, 0.5) is 11.5 Å². The summed E-state index contributed by atoms with van der Waals surface area (Å²) < 4.78 is 11.5. The van der Waals surface area contributed by atoms with Gasteiger partial charge in [-0.15, -0.1) is 0 Å². The maximum absolute atomic E-state index is 9.45. The second-order valence-electron chi connectivity index (χ2n) is 9.95. The number of hydrogen-bond donors (Lipinski definition) is 1. The maximum Gasteiger partial charge on any atom is 0.144 e. The van der Waals surface area contributed by atoms with Crippen LogP contribution in [0.15, 0.2) is 30.3 Å². The highest BCUT2D eigenvalue weighted by molar-refractivity contribution is 5.94. The Morgan fingerprint density at radius 1 is 1.17 bits per heavy atom. The van der Waals surface area contributed by atoms with Crippen LogP contribution in [0.25, 0.3) is 10.9 Å². The van der Waals surface area contributed by atoms with E-state index in [-0.39, 0.29) is 6.04 Å². The molecule has 3 aromatic rings. The number of rotatable bonds is 5. The highest BCUT2D eigenvalue weighted by Crippen LogP contribution is 2.43. The smallest absolute Gasteiger partial charge is 0.144 e. The molecule has 0 unspecified atom stereocenters. The molecule has 35 heavy (non-hydrogen) atoms. The summed E-state index contributed by atoms with van der Waals surface area (Å²) in [5, 5.41) is 14.0. The fraction of sp³-hybridized carbons (Fsp3) is 0.464. The first-order chi connectivity index (χ1) is 16.9. The van der Waals surface area contributed by atoms with Crippen molar-refractivity contribution < 1.29 is 9.47 Å². The molecule has 182 valence electrons. The molecule has 7 nitrogen and oxygen atoms in total. The van der Waals surface area contributed by atoms with Crippen molar-refractivity contribution in [1.29, 1.82) is 5.26 Å². The lowest BCUT2D eigenvalue weighted by atomic mass is 9.78. The quantitative estimate of drug-likeness (QED) is 0.540. The molecule has 0 amide bonds. The molecule has 2 aliphatic rings. The summed E-state index contributed by atoms with van der Waals surface area (Å²) in [6, 6.07) is 12.3. The number of piperidine rings is 1. The molecule has 7 heteroatoms. The molecule has 5 rings (SSSR count). The number of anilines is 2. The van der Waals surface area contributed by atoms with Gasteiger partial charge in [0.2, 0.25) is 0 Å². The summed E-state index contributed by atoms with van der Waals surface area (Å²) in [6.45, 7) is 9.75. The van der Waals surface area contributed by atoms with Crippen LogP contribution < -0.4 is 15.0 Å². The van der Waals surface area contributed by atoms with E-state index in [2.05, 4.69) is 35.3 Å². The Hall–Kier alpha value is -3.37. The zero-order valence-electron chi connectivity index (χ0n) is 21.0. The van der Waals surface area contributed by atoms with E-state index in [9.17, 15) is 5.26 Å². The number of nitrogens with one attached hydrogen (secondary N) is 1. The predicted molar refractivity (Wildman–Crippen MR) is 138 cm³/mol. The number of nitrogens with zero attached hydrogens (tertiary/aromatic N) is 4.